The standard InChI is InChI=1S/C19H23BFNO2/c1-18(2)19(3,4)24-20(23-18)15-10-11-17(21)14(12-15)13-22-16-8-6-5-7-9-16/h5-12,22H,13H2,1-4H3. The molecule has 0 unspecified atom stereocenters. The van der Waals surface area contributed by atoms with Crippen LogP contribution < -0.4 is 10.8 Å². The van der Waals surface area contributed by atoms with Crippen molar-refractivity contribution in [3.05, 3.63) is 59.9 Å². The third kappa shape index (κ3) is 3.33. The molecule has 0 aliphatic carbocycles. The fraction of sp³-hybridized carbons (Fsp3) is 0.368. The van der Waals surface area contributed by atoms with E-state index in [1.54, 1.807) is 6.07 Å². The van der Waals surface area contributed by atoms with E-state index < -0.39 is 18.3 Å². The Morgan fingerprint density at radius 3 is 2.21 bits per heavy atom. The summed E-state index contributed by atoms with van der Waals surface area (Å²) in [5.41, 5.74) is 1.56. The first-order valence-corrected chi connectivity index (χ1v) is 8.21. The summed E-state index contributed by atoms with van der Waals surface area (Å²) in [6.07, 6.45) is 0. The largest absolute Gasteiger partial charge is 0.494 e. The topological polar surface area (TPSA) is 30.5 Å². The minimum Gasteiger partial charge on any atom is -0.399 e. The Kier molecular flexibility index (Phi) is 4.41. The quantitative estimate of drug-likeness (QED) is 0.868. The summed E-state index contributed by atoms with van der Waals surface area (Å²) in [7, 11) is -0.480. The van der Waals surface area contributed by atoms with Crippen molar-refractivity contribution in [2.75, 3.05) is 5.32 Å². The molecule has 0 aromatic heterocycles. The van der Waals surface area contributed by atoms with Crippen LogP contribution in [0.1, 0.15) is 33.3 Å². The maximum atomic E-state index is 14.1. The van der Waals surface area contributed by atoms with E-state index in [0.717, 1.165) is 11.2 Å². The molecule has 1 N–H and O–H groups in total. The van der Waals surface area contributed by atoms with Crippen molar-refractivity contribution in [2.24, 2.45) is 0 Å². The van der Waals surface area contributed by atoms with Gasteiger partial charge in [-0.15, -0.1) is 0 Å². The van der Waals surface area contributed by atoms with E-state index in [9.17, 15) is 4.39 Å². The van der Waals surface area contributed by atoms with Crippen LogP contribution in [0, 0.1) is 5.82 Å². The molecule has 3 nitrogen and oxygen atoms in total. The van der Waals surface area contributed by atoms with Crippen molar-refractivity contribution >= 4 is 18.3 Å². The van der Waals surface area contributed by atoms with Crippen molar-refractivity contribution in [1.29, 1.82) is 0 Å². The summed E-state index contributed by atoms with van der Waals surface area (Å²) in [6, 6.07) is 14.8. The molecule has 0 spiro atoms. The molecule has 24 heavy (non-hydrogen) atoms. The number of rotatable bonds is 4. The highest BCUT2D eigenvalue weighted by atomic mass is 19.1. The van der Waals surface area contributed by atoms with Crippen LogP contribution in [0.25, 0.3) is 0 Å². The van der Waals surface area contributed by atoms with Crippen LogP contribution in [0.4, 0.5) is 10.1 Å². The molecular weight excluding hydrogens is 304 g/mol. The van der Waals surface area contributed by atoms with E-state index in [1.165, 1.54) is 6.07 Å². The summed E-state index contributed by atoms with van der Waals surface area (Å²) in [5, 5.41) is 3.23. The van der Waals surface area contributed by atoms with E-state index >= 15 is 0 Å². The lowest BCUT2D eigenvalue weighted by molar-refractivity contribution is 0.00578. The van der Waals surface area contributed by atoms with Gasteiger partial charge < -0.3 is 14.6 Å². The third-order valence-corrected chi connectivity index (χ3v) is 4.85. The van der Waals surface area contributed by atoms with Crippen molar-refractivity contribution in [3.8, 4) is 0 Å². The van der Waals surface area contributed by atoms with Gasteiger partial charge in [-0.25, -0.2) is 4.39 Å². The maximum absolute atomic E-state index is 14.1. The molecule has 2 aromatic carbocycles. The Labute approximate surface area is 143 Å². The molecule has 1 fully saturated rings. The lowest BCUT2D eigenvalue weighted by Gasteiger charge is -2.32. The van der Waals surface area contributed by atoms with Crippen LogP contribution in [0.3, 0.4) is 0 Å². The first-order chi connectivity index (χ1) is 11.3. The first-order valence-electron chi connectivity index (χ1n) is 8.21. The van der Waals surface area contributed by atoms with Crippen molar-refractivity contribution in [3.63, 3.8) is 0 Å². The number of nitrogens with one attached hydrogen (secondary N) is 1. The van der Waals surface area contributed by atoms with Gasteiger partial charge >= 0.3 is 7.12 Å². The van der Waals surface area contributed by atoms with Gasteiger partial charge in [0.05, 0.1) is 11.2 Å². The maximum Gasteiger partial charge on any atom is 0.494 e. The number of hydrogen-bond donors (Lipinski definition) is 1. The minimum atomic E-state index is -0.480. The van der Waals surface area contributed by atoms with Gasteiger partial charge in [0, 0.05) is 17.8 Å². The zero-order valence-corrected chi connectivity index (χ0v) is 14.6. The molecule has 0 bridgehead atoms. The normalized spacial score (nSPS) is 18.6. The average Bonchev–Trinajstić information content (AvgIpc) is 2.75. The summed E-state index contributed by atoms with van der Waals surface area (Å²) in [5.74, 6) is -0.237. The Hall–Kier alpha value is -1.85. The van der Waals surface area contributed by atoms with E-state index in [1.807, 2.05) is 64.1 Å². The average molecular weight is 327 g/mol. The highest BCUT2D eigenvalue weighted by Gasteiger charge is 2.51. The second-order valence-electron chi connectivity index (χ2n) is 7.16. The van der Waals surface area contributed by atoms with Gasteiger partial charge in [0.1, 0.15) is 5.82 Å². The molecule has 2 aromatic rings. The summed E-state index contributed by atoms with van der Waals surface area (Å²) >= 11 is 0. The molecule has 0 saturated carbocycles. The lowest BCUT2D eigenvalue weighted by Crippen LogP contribution is -2.41. The van der Waals surface area contributed by atoms with Gasteiger partial charge in [-0.1, -0.05) is 30.3 Å². The Bertz CT molecular complexity index is 703. The smallest absolute Gasteiger partial charge is 0.399 e. The zero-order valence-electron chi connectivity index (χ0n) is 14.6. The number of halogens is 1. The predicted molar refractivity (Wildman–Crippen MR) is 95.9 cm³/mol. The third-order valence-electron chi connectivity index (χ3n) is 4.85. The molecule has 1 saturated heterocycles. The van der Waals surface area contributed by atoms with E-state index in [0.29, 0.717) is 12.1 Å². The second-order valence-corrected chi connectivity index (χ2v) is 7.16. The Morgan fingerprint density at radius 2 is 1.58 bits per heavy atom. The SMILES string of the molecule is CC1(C)OB(c2ccc(F)c(CNc3ccccc3)c2)OC1(C)C. The van der Waals surface area contributed by atoms with E-state index in [2.05, 4.69) is 5.32 Å². The molecule has 5 heteroatoms. The van der Waals surface area contributed by atoms with Crippen LogP contribution in [-0.2, 0) is 15.9 Å². The minimum absolute atomic E-state index is 0.237. The number of para-hydroxylation sites is 1. The van der Waals surface area contributed by atoms with Gasteiger partial charge in [0.15, 0.2) is 0 Å². The van der Waals surface area contributed by atoms with Crippen LogP contribution in [0.2, 0.25) is 0 Å². The Balaban J connectivity index is 1.77. The fourth-order valence-electron chi connectivity index (χ4n) is 2.61. The molecule has 0 amide bonds. The van der Waals surface area contributed by atoms with Crippen molar-refractivity contribution < 1.29 is 13.7 Å². The summed E-state index contributed by atoms with van der Waals surface area (Å²) < 4.78 is 26.2. The van der Waals surface area contributed by atoms with Crippen LogP contribution >= 0.6 is 0 Å². The second kappa shape index (κ2) is 6.23. The molecular formula is C19H23BFNO2. The van der Waals surface area contributed by atoms with Crippen LogP contribution in [0.15, 0.2) is 48.5 Å². The number of hydrogen-bond acceptors (Lipinski definition) is 3. The van der Waals surface area contributed by atoms with Gasteiger partial charge in [0.25, 0.3) is 0 Å². The number of benzene rings is 2. The van der Waals surface area contributed by atoms with Crippen LogP contribution in [-0.4, -0.2) is 18.3 Å². The molecule has 1 aliphatic heterocycles. The highest BCUT2D eigenvalue weighted by Crippen LogP contribution is 2.36. The summed E-state index contributed by atoms with van der Waals surface area (Å²) in [6.45, 7) is 8.44. The highest BCUT2D eigenvalue weighted by molar-refractivity contribution is 6.62. The molecule has 3 rings (SSSR count). The Morgan fingerprint density at radius 1 is 0.958 bits per heavy atom. The zero-order chi connectivity index (χ0) is 17.4. The molecule has 126 valence electrons. The van der Waals surface area contributed by atoms with Gasteiger partial charge in [-0.05, 0) is 51.4 Å². The molecule has 1 heterocycles. The molecule has 0 radical (unpaired) electrons. The summed E-state index contributed by atoms with van der Waals surface area (Å²) in [4.78, 5) is 0. The van der Waals surface area contributed by atoms with Gasteiger partial charge in [0.2, 0.25) is 0 Å². The van der Waals surface area contributed by atoms with E-state index in [-0.39, 0.29) is 5.82 Å². The monoisotopic (exact) mass is 327 g/mol. The van der Waals surface area contributed by atoms with E-state index in [4.69, 9.17) is 9.31 Å². The lowest BCUT2D eigenvalue weighted by atomic mass is 9.78. The fourth-order valence-corrected chi connectivity index (χ4v) is 2.61. The first kappa shape index (κ1) is 17.0. The molecule has 1 aliphatic rings. The van der Waals surface area contributed by atoms with Gasteiger partial charge in [-0.3, -0.25) is 0 Å². The van der Waals surface area contributed by atoms with Gasteiger partial charge in [-0.2, -0.15) is 0 Å². The van der Waals surface area contributed by atoms with Crippen molar-refractivity contribution in [2.45, 2.75) is 45.4 Å². The van der Waals surface area contributed by atoms with Crippen LogP contribution in [0.5, 0.6) is 0 Å². The predicted octanol–water partition coefficient (Wildman–Crippen LogP) is 3.74. The molecule has 0 atom stereocenters. The number of anilines is 1. The van der Waals surface area contributed by atoms with Crippen molar-refractivity contribution in [1.82, 2.24) is 0 Å².